The summed E-state index contributed by atoms with van der Waals surface area (Å²) in [6.45, 7) is 2.40. The molecule has 0 radical (unpaired) electrons. The van der Waals surface area contributed by atoms with E-state index in [-0.39, 0.29) is 11.8 Å². The summed E-state index contributed by atoms with van der Waals surface area (Å²) in [6, 6.07) is 17.1. The number of ketones is 1. The second-order valence-electron chi connectivity index (χ2n) is 7.85. The van der Waals surface area contributed by atoms with Crippen LogP contribution < -0.4 is 0 Å². The number of ether oxygens (including phenoxy) is 1. The molecule has 0 aliphatic carbocycles. The molecule has 0 spiro atoms. The molecule has 1 aliphatic rings. The third-order valence-electron chi connectivity index (χ3n) is 5.70. The van der Waals surface area contributed by atoms with E-state index in [1.165, 1.54) is 7.11 Å². The van der Waals surface area contributed by atoms with Crippen molar-refractivity contribution in [2.45, 2.75) is 32.1 Å². The molecule has 4 nitrogen and oxygen atoms in total. The van der Waals surface area contributed by atoms with Crippen molar-refractivity contribution < 1.29 is 14.3 Å². The van der Waals surface area contributed by atoms with Crippen LogP contribution in [0.2, 0.25) is 5.02 Å². The molecule has 0 amide bonds. The van der Waals surface area contributed by atoms with Crippen molar-refractivity contribution in [1.29, 1.82) is 0 Å². The van der Waals surface area contributed by atoms with E-state index in [0.717, 1.165) is 43.5 Å². The Hall–Kier alpha value is -2.17. The molecule has 1 heterocycles. The number of carbonyl (C=O) groups is 2. The first-order valence-corrected chi connectivity index (χ1v) is 10.5. The first kappa shape index (κ1) is 21.5. The molecule has 3 rings (SSSR count). The number of rotatable bonds is 8. The fourth-order valence-electron chi connectivity index (χ4n) is 4.24. The van der Waals surface area contributed by atoms with Gasteiger partial charge in [-0.1, -0.05) is 54.1 Å². The summed E-state index contributed by atoms with van der Waals surface area (Å²) in [4.78, 5) is 27.4. The minimum Gasteiger partial charge on any atom is -0.469 e. The first-order valence-electron chi connectivity index (χ1n) is 10.2. The van der Waals surface area contributed by atoms with Gasteiger partial charge in [-0.15, -0.1) is 0 Å². The number of benzene rings is 2. The van der Waals surface area contributed by atoms with Crippen molar-refractivity contribution in [3.05, 3.63) is 70.7 Å². The molecule has 1 unspecified atom stereocenters. The number of hydrogen-bond acceptors (Lipinski definition) is 4. The van der Waals surface area contributed by atoms with Gasteiger partial charge in [0.25, 0.3) is 0 Å². The molecule has 29 heavy (non-hydrogen) atoms. The van der Waals surface area contributed by atoms with E-state index >= 15 is 0 Å². The number of halogens is 1. The lowest BCUT2D eigenvalue weighted by Crippen LogP contribution is -2.49. The summed E-state index contributed by atoms with van der Waals surface area (Å²) in [5, 5.41) is 0.689. The van der Waals surface area contributed by atoms with Crippen LogP contribution in [0.25, 0.3) is 0 Å². The quantitative estimate of drug-likeness (QED) is 0.460. The highest BCUT2D eigenvalue weighted by Crippen LogP contribution is 2.35. The van der Waals surface area contributed by atoms with Crippen LogP contribution in [0.15, 0.2) is 54.6 Å². The van der Waals surface area contributed by atoms with Gasteiger partial charge in [-0.25, -0.2) is 0 Å². The smallest absolute Gasteiger partial charge is 0.313 e. The predicted molar refractivity (Wildman–Crippen MR) is 115 cm³/mol. The predicted octanol–water partition coefficient (Wildman–Crippen LogP) is 4.80. The number of likely N-dealkylation sites (tertiary alicyclic amines) is 1. The fraction of sp³-hybridized carbons (Fsp3) is 0.417. The molecule has 0 saturated carbocycles. The molecule has 0 N–H and O–H groups in total. The van der Waals surface area contributed by atoms with Crippen LogP contribution in [0.4, 0.5) is 0 Å². The summed E-state index contributed by atoms with van der Waals surface area (Å²) in [5.41, 5.74) is 1.29. The average molecular weight is 414 g/mol. The summed E-state index contributed by atoms with van der Waals surface area (Å²) in [6.07, 6.45) is 3.68. The molecule has 154 valence electrons. The Bertz CT molecular complexity index is 822. The van der Waals surface area contributed by atoms with E-state index in [1.54, 1.807) is 0 Å². The van der Waals surface area contributed by atoms with Crippen LogP contribution in [0.5, 0.6) is 0 Å². The van der Waals surface area contributed by atoms with Crippen molar-refractivity contribution in [3.8, 4) is 0 Å². The van der Waals surface area contributed by atoms with E-state index in [4.69, 9.17) is 16.3 Å². The maximum Gasteiger partial charge on any atom is 0.313 e. The van der Waals surface area contributed by atoms with Crippen molar-refractivity contribution in [3.63, 3.8) is 0 Å². The molecular weight excluding hydrogens is 386 g/mol. The van der Waals surface area contributed by atoms with Crippen LogP contribution in [-0.4, -0.2) is 43.4 Å². The molecule has 1 aliphatic heterocycles. The summed E-state index contributed by atoms with van der Waals surface area (Å²) in [5.74, 6) is 0.0144. The van der Waals surface area contributed by atoms with Crippen molar-refractivity contribution in [2.24, 2.45) is 5.41 Å². The van der Waals surface area contributed by atoms with Gasteiger partial charge < -0.3 is 9.64 Å². The fourth-order valence-corrected chi connectivity index (χ4v) is 4.37. The Morgan fingerprint density at radius 2 is 1.83 bits per heavy atom. The number of Topliss-reactive ketones (excluding diaryl/α,β-unsaturated/α-hetero) is 1. The minimum absolute atomic E-state index is 0.155. The minimum atomic E-state index is -0.551. The third kappa shape index (κ3) is 5.68. The van der Waals surface area contributed by atoms with Crippen LogP contribution in [-0.2, 0) is 16.0 Å². The molecule has 1 saturated heterocycles. The van der Waals surface area contributed by atoms with E-state index in [0.29, 0.717) is 24.4 Å². The average Bonchev–Trinajstić information content (AvgIpc) is 2.75. The Balaban J connectivity index is 1.61. The van der Waals surface area contributed by atoms with E-state index in [9.17, 15) is 9.59 Å². The summed E-state index contributed by atoms with van der Waals surface area (Å²) >= 11 is 6.00. The Kier molecular flexibility index (Phi) is 7.45. The summed E-state index contributed by atoms with van der Waals surface area (Å²) < 4.78 is 5.19. The van der Waals surface area contributed by atoms with Crippen molar-refractivity contribution in [2.75, 3.05) is 26.7 Å². The van der Waals surface area contributed by atoms with Gasteiger partial charge in [0, 0.05) is 23.6 Å². The van der Waals surface area contributed by atoms with Gasteiger partial charge in [-0.05, 0) is 56.5 Å². The Morgan fingerprint density at radius 1 is 1.10 bits per heavy atom. The van der Waals surface area contributed by atoms with Gasteiger partial charge in [0.2, 0.25) is 0 Å². The molecule has 2 aromatic rings. The van der Waals surface area contributed by atoms with Gasteiger partial charge in [0.1, 0.15) is 0 Å². The second-order valence-corrected chi connectivity index (χ2v) is 8.28. The lowest BCUT2D eigenvalue weighted by Gasteiger charge is -2.41. The van der Waals surface area contributed by atoms with E-state index in [2.05, 4.69) is 4.90 Å². The first-order chi connectivity index (χ1) is 14.0. The molecule has 1 atom stereocenters. The van der Waals surface area contributed by atoms with E-state index in [1.807, 2.05) is 54.6 Å². The standard InChI is InChI=1S/C24H28ClNO3/c1-29-23(28)24(17-19-10-12-21(25)13-11-19)14-6-16-26(18-24)15-5-9-22(27)20-7-3-2-4-8-20/h2-4,7-8,10-13H,5-6,9,14-18H2,1H3. The van der Waals surface area contributed by atoms with Gasteiger partial charge in [-0.3, -0.25) is 9.59 Å². The monoisotopic (exact) mass is 413 g/mol. The number of piperidine rings is 1. The molecule has 0 aromatic heterocycles. The normalized spacial score (nSPS) is 19.7. The third-order valence-corrected chi connectivity index (χ3v) is 5.96. The molecule has 5 heteroatoms. The largest absolute Gasteiger partial charge is 0.469 e. The topological polar surface area (TPSA) is 46.6 Å². The molecule has 0 bridgehead atoms. The molecule has 1 fully saturated rings. The highest BCUT2D eigenvalue weighted by molar-refractivity contribution is 6.30. The molecule has 2 aromatic carbocycles. The van der Waals surface area contributed by atoms with Crippen LogP contribution in [0, 0.1) is 5.41 Å². The number of methoxy groups -OCH3 is 1. The number of esters is 1. The number of hydrogen-bond donors (Lipinski definition) is 0. The van der Waals surface area contributed by atoms with Crippen molar-refractivity contribution in [1.82, 2.24) is 4.90 Å². The number of carbonyl (C=O) groups excluding carboxylic acids is 2. The van der Waals surface area contributed by atoms with Gasteiger partial charge in [-0.2, -0.15) is 0 Å². The summed E-state index contributed by atoms with van der Waals surface area (Å²) in [7, 11) is 1.46. The maximum absolute atomic E-state index is 12.7. The van der Waals surface area contributed by atoms with Crippen LogP contribution >= 0.6 is 11.6 Å². The zero-order chi connectivity index (χ0) is 20.7. The molecular formula is C24H28ClNO3. The highest BCUT2D eigenvalue weighted by atomic mass is 35.5. The SMILES string of the molecule is COC(=O)C1(Cc2ccc(Cl)cc2)CCCN(CCCC(=O)c2ccccc2)C1. The number of nitrogens with zero attached hydrogens (tertiary/aromatic N) is 1. The van der Waals surface area contributed by atoms with Crippen LogP contribution in [0.3, 0.4) is 0 Å². The lowest BCUT2D eigenvalue weighted by atomic mass is 9.75. The van der Waals surface area contributed by atoms with Crippen LogP contribution in [0.1, 0.15) is 41.6 Å². The highest BCUT2D eigenvalue weighted by Gasteiger charge is 2.43. The van der Waals surface area contributed by atoms with Gasteiger partial charge in [0.05, 0.1) is 12.5 Å². The van der Waals surface area contributed by atoms with Crippen molar-refractivity contribution >= 4 is 23.4 Å². The Morgan fingerprint density at radius 3 is 2.52 bits per heavy atom. The maximum atomic E-state index is 12.7. The second kappa shape index (κ2) is 10.0. The van der Waals surface area contributed by atoms with E-state index < -0.39 is 5.41 Å². The van der Waals surface area contributed by atoms with Gasteiger partial charge >= 0.3 is 5.97 Å². The lowest BCUT2D eigenvalue weighted by molar-refractivity contribution is -0.156. The zero-order valence-corrected chi connectivity index (χ0v) is 17.7. The van der Waals surface area contributed by atoms with Gasteiger partial charge in [0.15, 0.2) is 5.78 Å². The zero-order valence-electron chi connectivity index (χ0n) is 16.9. The Labute approximate surface area is 177 Å².